The number of hydrogen-bond donors (Lipinski definition) is 0. The lowest BCUT2D eigenvalue weighted by atomic mass is 10.1. The van der Waals surface area contributed by atoms with Crippen LogP contribution in [0.1, 0.15) is 29.8 Å². The molecule has 110 valence electrons. The summed E-state index contributed by atoms with van der Waals surface area (Å²) in [4.78, 5) is 14.7. The molecular formula is C16H16ClNO3. The Hall–Kier alpha value is -1.52. The molecular weight excluding hydrogens is 290 g/mol. The van der Waals surface area contributed by atoms with Crippen LogP contribution in [0.4, 0.5) is 0 Å². The SMILES string of the molecule is O=C(c1cc2cc(Cl)ccc2o1)N1CCO[C@@H]2CCC[C@@H]21. The van der Waals surface area contributed by atoms with Crippen molar-refractivity contribution >= 4 is 28.5 Å². The molecule has 0 bridgehead atoms. The molecule has 4 nitrogen and oxygen atoms in total. The zero-order valence-corrected chi connectivity index (χ0v) is 12.3. The van der Waals surface area contributed by atoms with Crippen molar-refractivity contribution < 1.29 is 13.9 Å². The smallest absolute Gasteiger partial charge is 0.290 e. The normalized spacial score (nSPS) is 25.3. The number of carbonyl (C=O) groups excluding carboxylic acids is 1. The summed E-state index contributed by atoms with van der Waals surface area (Å²) in [6.45, 7) is 1.25. The number of rotatable bonds is 1. The number of halogens is 1. The lowest BCUT2D eigenvalue weighted by Crippen LogP contribution is -2.51. The number of amides is 1. The van der Waals surface area contributed by atoms with Gasteiger partial charge < -0.3 is 14.1 Å². The maximum Gasteiger partial charge on any atom is 0.290 e. The van der Waals surface area contributed by atoms with Crippen molar-refractivity contribution in [3.63, 3.8) is 0 Å². The molecule has 2 fully saturated rings. The van der Waals surface area contributed by atoms with Gasteiger partial charge in [0.15, 0.2) is 5.76 Å². The first kappa shape index (κ1) is 13.2. The molecule has 1 aromatic carbocycles. The molecule has 5 heteroatoms. The summed E-state index contributed by atoms with van der Waals surface area (Å²) in [5.74, 6) is 0.349. The third-order valence-electron chi connectivity index (χ3n) is 4.43. The second-order valence-corrected chi connectivity index (χ2v) is 6.14. The highest BCUT2D eigenvalue weighted by atomic mass is 35.5. The maximum atomic E-state index is 12.7. The molecule has 0 N–H and O–H groups in total. The quantitative estimate of drug-likeness (QED) is 0.810. The molecule has 21 heavy (non-hydrogen) atoms. The average Bonchev–Trinajstić information content (AvgIpc) is 3.11. The average molecular weight is 306 g/mol. The highest BCUT2D eigenvalue weighted by molar-refractivity contribution is 6.31. The minimum Gasteiger partial charge on any atom is -0.451 e. The van der Waals surface area contributed by atoms with Crippen LogP contribution < -0.4 is 0 Å². The Bertz CT molecular complexity index is 696. The standard InChI is InChI=1S/C16H16ClNO3/c17-11-4-5-13-10(8-11)9-15(21-13)16(19)18-6-7-20-14-3-1-2-12(14)18/h4-5,8-9,12,14H,1-3,6-7H2/t12-,14+/m0/s1. The topological polar surface area (TPSA) is 42.7 Å². The Balaban J connectivity index is 1.66. The largest absolute Gasteiger partial charge is 0.451 e. The van der Waals surface area contributed by atoms with Crippen LogP contribution in [0.25, 0.3) is 11.0 Å². The van der Waals surface area contributed by atoms with Gasteiger partial charge in [0.05, 0.1) is 18.8 Å². The zero-order valence-electron chi connectivity index (χ0n) is 11.5. The van der Waals surface area contributed by atoms with E-state index in [0.717, 1.165) is 24.6 Å². The second kappa shape index (κ2) is 5.04. The first-order valence-corrected chi connectivity index (χ1v) is 7.72. The van der Waals surface area contributed by atoms with Crippen LogP contribution in [0.3, 0.4) is 0 Å². The van der Waals surface area contributed by atoms with Crippen molar-refractivity contribution in [3.05, 3.63) is 35.0 Å². The van der Waals surface area contributed by atoms with Crippen LogP contribution in [-0.4, -0.2) is 36.1 Å². The summed E-state index contributed by atoms with van der Waals surface area (Å²) in [7, 11) is 0. The number of morpholine rings is 1. The van der Waals surface area contributed by atoms with Gasteiger partial charge in [0.1, 0.15) is 5.58 Å². The molecule has 1 saturated carbocycles. The Morgan fingerprint density at radius 3 is 3.10 bits per heavy atom. The first-order valence-electron chi connectivity index (χ1n) is 7.34. The molecule has 2 aromatic rings. The minimum atomic E-state index is -0.0393. The van der Waals surface area contributed by atoms with Gasteiger partial charge in [0.2, 0.25) is 0 Å². The maximum absolute atomic E-state index is 12.7. The van der Waals surface area contributed by atoms with E-state index in [0.29, 0.717) is 29.5 Å². The van der Waals surface area contributed by atoms with Crippen LogP contribution >= 0.6 is 11.6 Å². The Labute approximate surface area is 127 Å². The van der Waals surface area contributed by atoms with Gasteiger partial charge in [-0.1, -0.05) is 11.6 Å². The van der Waals surface area contributed by atoms with Gasteiger partial charge in [-0.05, 0) is 43.5 Å². The number of ether oxygens (including phenoxy) is 1. The molecule has 0 spiro atoms. The number of benzene rings is 1. The number of nitrogens with zero attached hydrogens (tertiary/aromatic N) is 1. The summed E-state index contributed by atoms with van der Waals surface area (Å²) in [5.41, 5.74) is 0.694. The molecule has 2 heterocycles. The van der Waals surface area contributed by atoms with E-state index < -0.39 is 0 Å². The molecule has 1 aliphatic carbocycles. The second-order valence-electron chi connectivity index (χ2n) is 5.70. The van der Waals surface area contributed by atoms with Crippen molar-refractivity contribution in [1.29, 1.82) is 0 Å². The lowest BCUT2D eigenvalue weighted by molar-refractivity contribution is -0.0453. The zero-order chi connectivity index (χ0) is 14.4. The van der Waals surface area contributed by atoms with E-state index in [1.807, 2.05) is 11.0 Å². The molecule has 4 rings (SSSR count). The van der Waals surface area contributed by atoms with Gasteiger partial charge in [-0.3, -0.25) is 4.79 Å². The molecule has 2 atom stereocenters. The monoisotopic (exact) mass is 305 g/mol. The molecule has 1 amide bonds. The Morgan fingerprint density at radius 2 is 2.19 bits per heavy atom. The summed E-state index contributed by atoms with van der Waals surface area (Å²) in [6, 6.07) is 7.36. The fourth-order valence-electron chi connectivity index (χ4n) is 3.44. The van der Waals surface area contributed by atoms with E-state index >= 15 is 0 Å². The van der Waals surface area contributed by atoms with Crippen LogP contribution in [0.5, 0.6) is 0 Å². The van der Waals surface area contributed by atoms with Crippen LogP contribution in [0, 0.1) is 0 Å². The molecule has 0 unspecified atom stereocenters. The van der Waals surface area contributed by atoms with Crippen molar-refractivity contribution in [3.8, 4) is 0 Å². The van der Waals surface area contributed by atoms with Gasteiger partial charge in [0, 0.05) is 17.0 Å². The molecule has 2 aliphatic rings. The lowest BCUT2D eigenvalue weighted by Gasteiger charge is -2.37. The van der Waals surface area contributed by atoms with E-state index in [2.05, 4.69) is 0 Å². The summed E-state index contributed by atoms with van der Waals surface area (Å²) in [6.07, 6.45) is 3.38. The van der Waals surface area contributed by atoms with Gasteiger partial charge in [-0.2, -0.15) is 0 Å². The van der Waals surface area contributed by atoms with E-state index in [9.17, 15) is 4.79 Å². The van der Waals surface area contributed by atoms with Gasteiger partial charge in [-0.15, -0.1) is 0 Å². The Kier molecular flexibility index (Phi) is 3.16. The molecule has 1 saturated heterocycles. The first-order chi connectivity index (χ1) is 10.2. The van der Waals surface area contributed by atoms with E-state index in [-0.39, 0.29) is 18.1 Å². The van der Waals surface area contributed by atoms with Crippen molar-refractivity contribution in [2.24, 2.45) is 0 Å². The highest BCUT2D eigenvalue weighted by Gasteiger charge is 2.39. The van der Waals surface area contributed by atoms with Crippen LogP contribution in [0.2, 0.25) is 5.02 Å². The van der Waals surface area contributed by atoms with Crippen molar-refractivity contribution in [2.45, 2.75) is 31.4 Å². The number of fused-ring (bicyclic) bond motifs is 2. The van der Waals surface area contributed by atoms with Crippen molar-refractivity contribution in [1.82, 2.24) is 4.90 Å². The summed E-state index contributed by atoms with van der Waals surface area (Å²) >= 11 is 5.98. The van der Waals surface area contributed by atoms with Gasteiger partial charge in [-0.25, -0.2) is 0 Å². The van der Waals surface area contributed by atoms with Crippen LogP contribution in [0.15, 0.2) is 28.7 Å². The van der Waals surface area contributed by atoms with Gasteiger partial charge in [0.25, 0.3) is 5.91 Å². The predicted molar refractivity (Wildman–Crippen MR) is 79.6 cm³/mol. The highest BCUT2D eigenvalue weighted by Crippen LogP contribution is 2.31. The molecule has 0 radical (unpaired) electrons. The summed E-state index contributed by atoms with van der Waals surface area (Å²) < 4.78 is 11.4. The Morgan fingerprint density at radius 1 is 1.29 bits per heavy atom. The number of carbonyl (C=O) groups is 1. The number of hydrogen-bond acceptors (Lipinski definition) is 3. The third-order valence-corrected chi connectivity index (χ3v) is 4.67. The molecule has 1 aromatic heterocycles. The van der Waals surface area contributed by atoms with Crippen molar-refractivity contribution in [2.75, 3.05) is 13.2 Å². The van der Waals surface area contributed by atoms with E-state index in [1.54, 1.807) is 18.2 Å². The minimum absolute atomic E-state index is 0.0393. The predicted octanol–water partition coefficient (Wildman–Crippen LogP) is 3.48. The fourth-order valence-corrected chi connectivity index (χ4v) is 3.62. The third kappa shape index (κ3) is 2.23. The van der Waals surface area contributed by atoms with E-state index in [4.69, 9.17) is 20.8 Å². The summed E-state index contributed by atoms with van der Waals surface area (Å²) in [5, 5.41) is 1.51. The van der Waals surface area contributed by atoms with E-state index in [1.165, 1.54) is 0 Å². The number of furan rings is 1. The molecule has 1 aliphatic heterocycles. The fraction of sp³-hybridized carbons (Fsp3) is 0.438. The van der Waals surface area contributed by atoms with Gasteiger partial charge >= 0.3 is 0 Å². The van der Waals surface area contributed by atoms with Crippen LogP contribution in [-0.2, 0) is 4.74 Å².